The third kappa shape index (κ3) is 3.58. The van der Waals surface area contributed by atoms with Gasteiger partial charge in [0.1, 0.15) is 11.3 Å². The molecule has 1 heterocycles. The number of benzene rings is 1. The first-order valence-corrected chi connectivity index (χ1v) is 6.93. The van der Waals surface area contributed by atoms with E-state index in [9.17, 15) is 0 Å². The van der Waals surface area contributed by atoms with E-state index in [1.165, 1.54) is 10.9 Å². The van der Waals surface area contributed by atoms with E-state index in [4.69, 9.17) is 4.42 Å². The zero-order valence-corrected chi connectivity index (χ0v) is 12.4. The van der Waals surface area contributed by atoms with E-state index in [-0.39, 0.29) is 0 Å². The summed E-state index contributed by atoms with van der Waals surface area (Å²) in [6.07, 6.45) is 1.15. The van der Waals surface area contributed by atoms with Gasteiger partial charge < -0.3 is 14.6 Å². The predicted molar refractivity (Wildman–Crippen MR) is 80.4 cm³/mol. The lowest BCUT2D eigenvalue weighted by molar-refractivity contribution is 0.365. The van der Waals surface area contributed by atoms with Crippen molar-refractivity contribution in [3.63, 3.8) is 0 Å². The maximum Gasteiger partial charge on any atom is 0.134 e. The fourth-order valence-electron chi connectivity index (χ4n) is 2.27. The molecule has 0 aliphatic carbocycles. The summed E-state index contributed by atoms with van der Waals surface area (Å²) in [6.45, 7) is 6.26. The maximum atomic E-state index is 5.78. The Labute approximate surface area is 115 Å². The van der Waals surface area contributed by atoms with E-state index in [0.717, 1.165) is 30.9 Å². The Kier molecular flexibility index (Phi) is 4.61. The number of aryl methyl sites for hydroxylation is 1. The Balaban J connectivity index is 1.99. The van der Waals surface area contributed by atoms with Crippen molar-refractivity contribution < 1.29 is 4.42 Å². The van der Waals surface area contributed by atoms with Crippen LogP contribution in [-0.2, 0) is 6.54 Å². The first-order valence-electron chi connectivity index (χ1n) is 6.93. The molecular formula is C16H24N2O. The van der Waals surface area contributed by atoms with Crippen molar-refractivity contribution in [3.05, 3.63) is 35.6 Å². The number of hydrogen-bond donors (Lipinski definition) is 1. The van der Waals surface area contributed by atoms with Crippen LogP contribution in [0.15, 0.2) is 28.7 Å². The van der Waals surface area contributed by atoms with Crippen LogP contribution in [0.25, 0.3) is 11.0 Å². The first kappa shape index (κ1) is 14.1. The molecule has 0 fully saturated rings. The number of furan rings is 1. The molecule has 2 rings (SSSR count). The fraction of sp³-hybridized carbons (Fsp3) is 0.500. The summed E-state index contributed by atoms with van der Waals surface area (Å²) in [5, 5.41) is 4.82. The highest BCUT2D eigenvalue weighted by molar-refractivity contribution is 5.82. The number of para-hydroxylation sites is 1. The lowest BCUT2D eigenvalue weighted by Crippen LogP contribution is -2.29. The molecule has 1 atom stereocenters. The van der Waals surface area contributed by atoms with Crippen molar-refractivity contribution in [2.24, 2.45) is 0 Å². The van der Waals surface area contributed by atoms with Gasteiger partial charge in [0, 0.05) is 23.5 Å². The number of nitrogens with zero attached hydrogens (tertiary/aromatic N) is 1. The smallest absolute Gasteiger partial charge is 0.134 e. The highest BCUT2D eigenvalue weighted by atomic mass is 16.3. The first-order chi connectivity index (χ1) is 9.08. The van der Waals surface area contributed by atoms with E-state index in [1.807, 2.05) is 19.1 Å². The average Bonchev–Trinajstić information content (AvgIpc) is 2.69. The van der Waals surface area contributed by atoms with Gasteiger partial charge in [0.15, 0.2) is 0 Å². The maximum absolute atomic E-state index is 5.78. The van der Waals surface area contributed by atoms with Crippen molar-refractivity contribution in [1.82, 2.24) is 10.2 Å². The molecule has 3 heteroatoms. The van der Waals surface area contributed by atoms with Crippen LogP contribution in [0.2, 0.25) is 0 Å². The highest BCUT2D eigenvalue weighted by Gasteiger charge is 2.11. The van der Waals surface area contributed by atoms with Crippen molar-refractivity contribution in [1.29, 1.82) is 0 Å². The number of fused-ring (bicyclic) bond motifs is 1. The molecule has 1 aromatic heterocycles. The molecule has 1 N–H and O–H groups in total. The molecule has 1 aromatic carbocycles. The lowest BCUT2D eigenvalue weighted by atomic mass is 10.1. The summed E-state index contributed by atoms with van der Waals surface area (Å²) >= 11 is 0. The molecule has 0 spiro atoms. The molecule has 2 aromatic rings. The van der Waals surface area contributed by atoms with Crippen molar-refractivity contribution >= 4 is 11.0 Å². The topological polar surface area (TPSA) is 28.4 Å². The zero-order chi connectivity index (χ0) is 13.8. The highest BCUT2D eigenvalue weighted by Crippen LogP contribution is 2.25. The summed E-state index contributed by atoms with van der Waals surface area (Å²) in [5.74, 6) is 1.02. The van der Waals surface area contributed by atoms with E-state index in [0.29, 0.717) is 6.04 Å². The Morgan fingerprint density at radius 2 is 2.00 bits per heavy atom. The third-order valence-electron chi connectivity index (χ3n) is 3.54. The number of rotatable bonds is 6. The number of hydrogen-bond acceptors (Lipinski definition) is 3. The van der Waals surface area contributed by atoms with Crippen LogP contribution in [0.5, 0.6) is 0 Å². The second-order valence-corrected chi connectivity index (χ2v) is 5.51. The normalized spacial score (nSPS) is 13.3. The van der Waals surface area contributed by atoms with Gasteiger partial charge in [-0.1, -0.05) is 18.2 Å². The molecule has 0 amide bonds. The summed E-state index contributed by atoms with van der Waals surface area (Å²) in [7, 11) is 4.22. The fourth-order valence-corrected chi connectivity index (χ4v) is 2.27. The van der Waals surface area contributed by atoms with Crippen molar-refractivity contribution in [2.45, 2.75) is 32.9 Å². The summed E-state index contributed by atoms with van der Waals surface area (Å²) in [4.78, 5) is 2.22. The van der Waals surface area contributed by atoms with Gasteiger partial charge in [-0.15, -0.1) is 0 Å². The summed E-state index contributed by atoms with van der Waals surface area (Å²) in [5.41, 5.74) is 2.27. The van der Waals surface area contributed by atoms with Crippen LogP contribution in [0.1, 0.15) is 24.7 Å². The van der Waals surface area contributed by atoms with Gasteiger partial charge in [-0.05, 0) is 47.0 Å². The van der Waals surface area contributed by atoms with Crippen LogP contribution in [-0.4, -0.2) is 31.6 Å². The van der Waals surface area contributed by atoms with Gasteiger partial charge in [0.05, 0.1) is 0 Å². The standard InChI is InChI=1S/C16H24N2O/c1-12(9-10-18(3)4)17-11-15-13(2)19-16-8-6-5-7-14(15)16/h5-8,12,17H,9-11H2,1-4H3. The van der Waals surface area contributed by atoms with Crippen LogP contribution in [0.4, 0.5) is 0 Å². The Bertz CT molecular complexity index is 531. The largest absolute Gasteiger partial charge is 0.461 e. The molecule has 1 unspecified atom stereocenters. The van der Waals surface area contributed by atoms with E-state index >= 15 is 0 Å². The summed E-state index contributed by atoms with van der Waals surface area (Å²) < 4.78 is 5.78. The van der Waals surface area contributed by atoms with Gasteiger partial charge in [-0.2, -0.15) is 0 Å². The monoisotopic (exact) mass is 260 g/mol. The predicted octanol–water partition coefficient (Wildman–Crippen LogP) is 3.17. The SMILES string of the molecule is Cc1oc2ccccc2c1CNC(C)CCN(C)C. The van der Waals surface area contributed by atoms with Gasteiger partial charge >= 0.3 is 0 Å². The Morgan fingerprint density at radius 3 is 2.74 bits per heavy atom. The molecule has 19 heavy (non-hydrogen) atoms. The van der Waals surface area contributed by atoms with Crippen LogP contribution in [0, 0.1) is 6.92 Å². The van der Waals surface area contributed by atoms with Gasteiger partial charge in [0.25, 0.3) is 0 Å². The molecule has 0 saturated carbocycles. The molecule has 0 saturated heterocycles. The number of nitrogens with one attached hydrogen (secondary N) is 1. The van der Waals surface area contributed by atoms with E-state index in [2.05, 4.69) is 43.4 Å². The minimum absolute atomic E-state index is 0.510. The Morgan fingerprint density at radius 1 is 1.26 bits per heavy atom. The molecule has 0 radical (unpaired) electrons. The molecule has 0 aliphatic heterocycles. The van der Waals surface area contributed by atoms with E-state index < -0.39 is 0 Å². The van der Waals surface area contributed by atoms with Crippen LogP contribution >= 0.6 is 0 Å². The Hall–Kier alpha value is -1.32. The lowest BCUT2D eigenvalue weighted by Gasteiger charge is -2.16. The minimum atomic E-state index is 0.510. The zero-order valence-electron chi connectivity index (χ0n) is 12.4. The molecule has 104 valence electrons. The van der Waals surface area contributed by atoms with Gasteiger partial charge in [-0.25, -0.2) is 0 Å². The summed E-state index contributed by atoms with van der Waals surface area (Å²) in [6, 6.07) is 8.75. The molecular weight excluding hydrogens is 236 g/mol. The van der Waals surface area contributed by atoms with Crippen molar-refractivity contribution in [2.75, 3.05) is 20.6 Å². The molecule has 0 aliphatic rings. The van der Waals surface area contributed by atoms with E-state index in [1.54, 1.807) is 0 Å². The van der Waals surface area contributed by atoms with Crippen LogP contribution < -0.4 is 5.32 Å². The second kappa shape index (κ2) is 6.22. The second-order valence-electron chi connectivity index (χ2n) is 5.51. The third-order valence-corrected chi connectivity index (χ3v) is 3.54. The van der Waals surface area contributed by atoms with Gasteiger partial charge in [-0.3, -0.25) is 0 Å². The average molecular weight is 260 g/mol. The minimum Gasteiger partial charge on any atom is -0.461 e. The molecule has 3 nitrogen and oxygen atoms in total. The molecule has 0 bridgehead atoms. The van der Waals surface area contributed by atoms with Gasteiger partial charge in [0.2, 0.25) is 0 Å². The van der Waals surface area contributed by atoms with Crippen LogP contribution in [0.3, 0.4) is 0 Å². The van der Waals surface area contributed by atoms with Crippen molar-refractivity contribution in [3.8, 4) is 0 Å². The quantitative estimate of drug-likeness (QED) is 0.864.